The van der Waals surface area contributed by atoms with Crippen molar-refractivity contribution < 1.29 is 60.9 Å². The molecule has 2 heterocycles. The van der Waals surface area contributed by atoms with Gasteiger partial charge in [-0.25, -0.2) is 16.8 Å². The van der Waals surface area contributed by atoms with E-state index in [1.54, 1.807) is 67.8 Å². The second kappa shape index (κ2) is 30.3. The number of carbonyl (C=O) groups excluding carboxylic acids is 3. The standard InChI is InChI=1S/C28H30N2O5S.C27H28N2O4S.C25H23Cl2NO2.7H2/c1-35-25-11-9-22(10-12-25)28(15-16-28)27(32)29-23-5-2-4-21(18-23)20-7-13-26(14-8-20)36(33,34)30-17-3-6-24(30)19-31;30-19-24-10-5-17-29(24)34(32,33)25-13-11-20(12-14-25)21-6-4-9-23(18-21)28-26(31)27(15-16-27)22-7-2-1-3-8-22;1-3-30-20-9-5-17(6-10-20)21-15-19(8-4-16(21)2)28-24(29)25(12-13-25)18-7-11-22(26)23(27)14-18;;;;;;;/h2,4-5,7-14,18,24,31H,3,6,15-17,19H2,1H3,(H,29,32);1-4,6-9,11-14,18,24,30H,5,10,15-17,19H2,(H,28,31);4-11,14-15H,3,12-13H2,1-2H3,(H,28,29);7*1H/t2*24-;;;;;;;;/m11......../s1. The van der Waals surface area contributed by atoms with Gasteiger partial charge in [0.2, 0.25) is 37.8 Å². The number of carbonyl (C=O) groups is 3. The first-order valence-electron chi connectivity index (χ1n) is 33.8. The number of benzene rings is 9. The van der Waals surface area contributed by atoms with Crippen molar-refractivity contribution in [2.24, 2.45) is 0 Å². The van der Waals surface area contributed by atoms with Crippen LogP contribution in [0.5, 0.6) is 11.5 Å². The number of anilines is 3. The highest BCUT2D eigenvalue weighted by molar-refractivity contribution is 7.89. The Morgan fingerprint density at radius 1 is 0.480 bits per heavy atom. The maximum atomic E-state index is 13.2. The number of ether oxygens (including phenoxy) is 2. The van der Waals surface area contributed by atoms with Crippen LogP contribution in [-0.2, 0) is 50.7 Å². The summed E-state index contributed by atoms with van der Waals surface area (Å²) < 4.78 is 65.7. The van der Waals surface area contributed by atoms with Crippen molar-refractivity contribution in [2.45, 2.75) is 116 Å². The molecule has 100 heavy (non-hydrogen) atoms. The lowest BCUT2D eigenvalue weighted by Crippen LogP contribution is -2.37. The van der Waals surface area contributed by atoms with Crippen LogP contribution in [-0.4, -0.2) is 105 Å². The van der Waals surface area contributed by atoms with Gasteiger partial charge in [-0.2, -0.15) is 8.61 Å². The maximum Gasteiger partial charge on any atom is 0.243 e. The van der Waals surface area contributed by atoms with Crippen molar-refractivity contribution in [3.8, 4) is 44.9 Å². The van der Waals surface area contributed by atoms with E-state index in [0.29, 0.717) is 54.0 Å². The molecule has 20 heteroatoms. The second-order valence-electron chi connectivity index (χ2n) is 26.2. The van der Waals surface area contributed by atoms with Crippen LogP contribution in [0.1, 0.15) is 103 Å². The third kappa shape index (κ3) is 15.3. The number of halogens is 2. The molecule has 0 bridgehead atoms. The summed E-state index contributed by atoms with van der Waals surface area (Å²) in [5.41, 5.74) is 10.4. The number of aryl methyl sites for hydroxylation is 1. The highest BCUT2D eigenvalue weighted by atomic mass is 35.5. The van der Waals surface area contributed by atoms with Crippen LogP contribution in [0, 0.1) is 6.92 Å². The van der Waals surface area contributed by atoms with Gasteiger partial charge in [-0.3, -0.25) is 14.4 Å². The molecule has 14 rings (SSSR count). The summed E-state index contributed by atoms with van der Waals surface area (Å²) in [6, 6.07) is 64.9. The van der Waals surface area contributed by atoms with Crippen LogP contribution < -0.4 is 25.4 Å². The molecular formula is C80H95Cl2N5O11S2. The number of rotatable bonds is 21. The lowest BCUT2D eigenvalue weighted by Gasteiger charge is -2.22. The minimum absolute atomic E-state index is 0. The van der Waals surface area contributed by atoms with E-state index >= 15 is 0 Å². The lowest BCUT2D eigenvalue weighted by atomic mass is 9.94. The van der Waals surface area contributed by atoms with E-state index in [1.807, 2.05) is 159 Å². The average Bonchev–Trinajstić information content (AvgIpc) is 1.61. The summed E-state index contributed by atoms with van der Waals surface area (Å²) >= 11 is 12.2. The van der Waals surface area contributed by atoms with Gasteiger partial charge in [0.1, 0.15) is 11.5 Å². The summed E-state index contributed by atoms with van der Waals surface area (Å²) in [4.78, 5) is 39.9. The van der Waals surface area contributed by atoms with E-state index in [2.05, 4.69) is 22.9 Å². The minimum Gasteiger partial charge on any atom is -0.497 e. The van der Waals surface area contributed by atoms with Crippen molar-refractivity contribution in [3.05, 3.63) is 245 Å². The van der Waals surface area contributed by atoms with Crippen molar-refractivity contribution in [1.29, 1.82) is 0 Å². The van der Waals surface area contributed by atoms with Gasteiger partial charge in [-0.15, -0.1) is 0 Å². The topological polar surface area (TPSA) is 221 Å². The van der Waals surface area contributed by atoms with Crippen molar-refractivity contribution in [2.75, 3.05) is 56.0 Å². The number of hydrogen-bond donors (Lipinski definition) is 5. The number of aliphatic hydroxyl groups excluding tert-OH is 2. The smallest absolute Gasteiger partial charge is 0.243 e. The zero-order valence-electron chi connectivity index (χ0n) is 56.0. The molecule has 3 saturated carbocycles. The molecule has 9 aromatic rings. The first-order valence-corrected chi connectivity index (χ1v) is 37.5. The summed E-state index contributed by atoms with van der Waals surface area (Å²) in [5, 5.41) is 29.3. The maximum absolute atomic E-state index is 13.2. The molecule has 0 unspecified atom stereocenters. The second-order valence-corrected chi connectivity index (χ2v) is 30.8. The van der Waals surface area contributed by atoms with E-state index in [-0.39, 0.29) is 62.8 Å². The molecule has 3 aliphatic carbocycles. The molecule has 0 radical (unpaired) electrons. The largest absolute Gasteiger partial charge is 0.497 e. The van der Waals surface area contributed by atoms with Gasteiger partial charge in [0.25, 0.3) is 0 Å². The molecular weight excluding hydrogens is 1340 g/mol. The molecule has 9 aromatic carbocycles. The van der Waals surface area contributed by atoms with Gasteiger partial charge in [0.15, 0.2) is 0 Å². The third-order valence-electron chi connectivity index (χ3n) is 19.9. The SMILES string of the molecule is CCOc1ccc(-c2cc(NC(=O)C3(c4ccc(Cl)c(Cl)c4)CC3)ccc2C)cc1.COc1ccc(C2(C(=O)Nc3cccc(-c4ccc(S(=O)(=O)N5CCC[C@@H]5CO)cc4)c3)CC2)cc1.O=C(Nc1cccc(-c2ccc(S(=O)(=O)N3CCC[C@@H]3CO)cc2)c1)C1(c2ccccc2)CC1.[HH].[HH].[HH].[HH].[HH].[HH].[HH]. The Balaban J connectivity index is 0.000000280. The number of hydrogen-bond acceptors (Lipinski definition) is 11. The predicted molar refractivity (Wildman–Crippen MR) is 409 cm³/mol. The van der Waals surface area contributed by atoms with Crippen LogP contribution in [0.3, 0.4) is 0 Å². The fourth-order valence-corrected chi connectivity index (χ4v) is 17.2. The van der Waals surface area contributed by atoms with Gasteiger partial charge >= 0.3 is 0 Å². The highest BCUT2D eigenvalue weighted by Gasteiger charge is 2.53. The van der Waals surface area contributed by atoms with Crippen molar-refractivity contribution in [1.82, 2.24) is 8.61 Å². The van der Waals surface area contributed by atoms with Gasteiger partial charge in [0.05, 0.1) is 63.0 Å². The van der Waals surface area contributed by atoms with Crippen molar-refractivity contribution in [3.63, 3.8) is 0 Å². The Hall–Kier alpha value is -8.69. The van der Waals surface area contributed by atoms with Crippen LogP contribution in [0.4, 0.5) is 17.1 Å². The number of nitrogens with zero attached hydrogens (tertiary/aromatic N) is 2. The Morgan fingerprint density at radius 2 is 0.910 bits per heavy atom. The van der Waals surface area contributed by atoms with Crippen LogP contribution in [0.2, 0.25) is 10.0 Å². The van der Waals surface area contributed by atoms with E-state index in [4.69, 9.17) is 32.7 Å². The predicted octanol–water partition coefficient (Wildman–Crippen LogP) is 17.1. The Labute approximate surface area is 605 Å². The Kier molecular flexibility index (Phi) is 21.5. The summed E-state index contributed by atoms with van der Waals surface area (Å²) in [6.45, 7) is 5.19. The van der Waals surface area contributed by atoms with E-state index in [9.17, 15) is 41.4 Å². The number of sulfonamides is 2. The van der Waals surface area contributed by atoms with Gasteiger partial charge in [0, 0.05) is 52.2 Å². The summed E-state index contributed by atoms with van der Waals surface area (Å²) in [5.74, 6) is 1.56. The van der Waals surface area contributed by atoms with Crippen LogP contribution in [0.15, 0.2) is 222 Å². The molecule has 3 amide bonds. The van der Waals surface area contributed by atoms with Crippen molar-refractivity contribution >= 4 is 78.0 Å². The quantitative estimate of drug-likeness (QED) is 0.0455. The van der Waals surface area contributed by atoms with Crippen LogP contribution in [0.25, 0.3) is 33.4 Å². The average molecular weight is 1440 g/mol. The van der Waals surface area contributed by atoms with Gasteiger partial charge < -0.3 is 35.6 Å². The normalized spacial score (nSPS) is 17.8. The molecule has 532 valence electrons. The first kappa shape index (κ1) is 71.1. The molecule has 16 nitrogen and oxygen atoms in total. The van der Waals surface area contributed by atoms with E-state index in [1.165, 1.54) is 8.61 Å². The molecule has 5 N–H and O–H groups in total. The molecule has 2 saturated heterocycles. The first-order chi connectivity index (χ1) is 48.2. The third-order valence-corrected chi connectivity index (χ3v) is 24.5. The molecule has 5 fully saturated rings. The molecule has 2 atom stereocenters. The summed E-state index contributed by atoms with van der Waals surface area (Å²) in [7, 11) is -5.68. The monoisotopic (exact) mass is 1440 g/mol. The van der Waals surface area contributed by atoms with E-state index < -0.39 is 36.3 Å². The zero-order chi connectivity index (χ0) is 70.4. The zero-order valence-corrected chi connectivity index (χ0v) is 59.1. The Morgan fingerprint density at radius 3 is 1.35 bits per heavy atom. The molecule has 5 aliphatic rings. The number of aliphatic hydroxyl groups is 2. The highest BCUT2D eigenvalue weighted by Crippen LogP contribution is 2.52. The van der Waals surface area contributed by atoms with E-state index in [0.717, 1.165) is 124 Å². The number of methoxy groups -OCH3 is 1. The fourth-order valence-electron chi connectivity index (χ4n) is 13.5. The molecule has 0 spiro atoms. The minimum atomic E-state index is -3.65. The van der Waals surface area contributed by atoms with Crippen LogP contribution >= 0.6 is 23.2 Å². The number of amides is 3. The number of nitrogens with one attached hydrogen (secondary N) is 3. The fraction of sp³-hybridized carbons (Fsp3) is 0.287. The lowest BCUT2D eigenvalue weighted by molar-refractivity contribution is -0.119. The summed E-state index contributed by atoms with van der Waals surface area (Å²) in [6.07, 6.45) is 7.74. The Bertz CT molecular complexity index is 4700. The molecule has 2 aliphatic heterocycles. The van der Waals surface area contributed by atoms with Gasteiger partial charge in [-0.1, -0.05) is 138 Å². The molecule has 0 aromatic heterocycles. The van der Waals surface area contributed by atoms with Gasteiger partial charge in [-0.05, 0) is 231 Å².